The van der Waals surface area contributed by atoms with E-state index in [9.17, 15) is 25.2 Å². The zero-order valence-electron chi connectivity index (χ0n) is 26.5. The molecule has 8 unspecified atom stereocenters. The lowest BCUT2D eigenvalue weighted by molar-refractivity contribution is -0.262. The second-order valence-electron chi connectivity index (χ2n) is 17.2. The maximum Gasteiger partial charge on any atom is 0.138 e. The minimum atomic E-state index is -1.33. The van der Waals surface area contributed by atoms with Crippen molar-refractivity contribution in [3.8, 4) is 0 Å². The standard InChI is InChI=1S/C35H56O6/c1-19-26(37)27(38)28(39)29(41-19)30(40)35-15-10-21-20(22(35)18-31(2,3)16-17-35)8-9-24-33(21,6)13-11-23-32(4,5)25(36)12-14-34(23,24)7/h8,19,21-24,26-30,37-40H,9-18H2,1-7H3/t19?,21?,22?,23?,24?,26-,27?,28?,29+,30?,33-,34-,35+/m0/s1. The van der Waals surface area contributed by atoms with E-state index in [-0.39, 0.29) is 27.6 Å². The molecule has 0 radical (unpaired) electrons. The largest absolute Gasteiger partial charge is 0.390 e. The average Bonchev–Trinajstić information content (AvgIpc) is 2.90. The third kappa shape index (κ3) is 4.16. The summed E-state index contributed by atoms with van der Waals surface area (Å²) in [5, 5.41) is 44.1. The van der Waals surface area contributed by atoms with Gasteiger partial charge in [0.25, 0.3) is 0 Å². The van der Waals surface area contributed by atoms with Gasteiger partial charge in [-0.2, -0.15) is 0 Å². The summed E-state index contributed by atoms with van der Waals surface area (Å²) in [5.41, 5.74) is 1.32. The first-order valence-electron chi connectivity index (χ1n) is 16.6. The van der Waals surface area contributed by atoms with Crippen LogP contribution in [0.1, 0.15) is 113 Å². The van der Waals surface area contributed by atoms with Crippen molar-refractivity contribution < 1.29 is 30.0 Å². The zero-order valence-corrected chi connectivity index (χ0v) is 26.5. The summed E-state index contributed by atoms with van der Waals surface area (Å²) >= 11 is 0. The Morgan fingerprint density at radius 3 is 2.24 bits per heavy atom. The van der Waals surface area contributed by atoms with Crippen LogP contribution in [0.4, 0.5) is 0 Å². The number of carbonyl (C=O) groups excluding carboxylic acids is 1. The van der Waals surface area contributed by atoms with Gasteiger partial charge in [0.2, 0.25) is 0 Å². The van der Waals surface area contributed by atoms with Gasteiger partial charge in [-0.05, 0) is 105 Å². The van der Waals surface area contributed by atoms with Gasteiger partial charge in [0.1, 0.15) is 30.2 Å². The molecule has 0 spiro atoms. The van der Waals surface area contributed by atoms with Crippen molar-refractivity contribution in [3.05, 3.63) is 11.6 Å². The number of ketones is 1. The minimum Gasteiger partial charge on any atom is -0.390 e. The van der Waals surface area contributed by atoms with Crippen LogP contribution < -0.4 is 0 Å². The maximum atomic E-state index is 13.0. The summed E-state index contributed by atoms with van der Waals surface area (Å²) in [6.45, 7) is 15.8. The van der Waals surface area contributed by atoms with Crippen LogP contribution in [-0.4, -0.2) is 62.8 Å². The van der Waals surface area contributed by atoms with Gasteiger partial charge in [0, 0.05) is 17.3 Å². The Morgan fingerprint density at radius 2 is 1.54 bits per heavy atom. The van der Waals surface area contributed by atoms with Crippen molar-refractivity contribution >= 4 is 5.78 Å². The Labute approximate surface area is 247 Å². The molecule has 4 saturated carbocycles. The van der Waals surface area contributed by atoms with E-state index in [1.165, 1.54) is 5.57 Å². The molecular formula is C35H56O6. The second-order valence-corrected chi connectivity index (χ2v) is 17.2. The summed E-state index contributed by atoms with van der Waals surface area (Å²) in [6, 6.07) is 0. The van der Waals surface area contributed by atoms with Gasteiger partial charge in [-0.25, -0.2) is 0 Å². The maximum absolute atomic E-state index is 13.0. The predicted octanol–water partition coefficient (Wildman–Crippen LogP) is 5.20. The molecule has 5 fully saturated rings. The van der Waals surface area contributed by atoms with Gasteiger partial charge in [0.15, 0.2) is 0 Å². The van der Waals surface area contributed by atoms with Crippen LogP contribution >= 0.6 is 0 Å². The molecule has 6 aliphatic rings. The molecule has 5 aliphatic carbocycles. The number of Topliss-reactive ketones (excluding diaryl/α,β-unsaturated/α-hetero) is 1. The van der Waals surface area contributed by atoms with Crippen LogP contribution in [-0.2, 0) is 9.53 Å². The Balaban J connectivity index is 1.37. The number of fused-ring (bicyclic) bond motifs is 7. The molecule has 232 valence electrons. The fourth-order valence-corrected chi connectivity index (χ4v) is 11.9. The Kier molecular flexibility index (Phi) is 7.08. The van der Waals surface area contributed by atoms with Gasteiger partial charge < -0.3 is 25.2 Å². The fraction of sp³-hybridized carbons (Fsp3) is 0.914. The highest BCUT2D eigenvalue weighted by molar-refractivity contribution is 5.85. The highest BCUT2D eigenvalue weighted by atomic mass is 16.5. The molecule has 41 heavy (non-hydrogen) atoms. The van der Waals surface area contributed by atoms with E-state index in [1.807, 2.05) is 0 Å². The van der Waals surface area contributed by atoms with E-state index in [2.05, 4.69) is 47.6 Å². The summed E-state index contributed by atoms with van der Waals surface area (Å²) in [6.07, 6.45) is 5.97. The van der Waals surface area contributed by atoms with Crippen LogP contribution in [0.15, 0.2) is 11.6 Å². The van der Waals surface area contributed by atoms with E-state index in [4.69, 9.17) is 4.74 Å². The Morgan fingerprint density at radius 1 is 0.829 bits per heavy atom. The monoisotopic (exact) mass is 572 g/mol. The number of ether oxygens (including phenoxy) is 1. The van der Waals surface area contributed by atoms with E-state index in [0.29, 0.717) is 30.0 Å². The molecule has 1 aliphatic heterocycles. The highest BCUT2D eigenvalue weighted by Gasteiger charge is 2.66. The van der Waals surface area contributed by atoms with E-state index in [0.717, 1.165) is 57.8 Å². The van der Waals surface area contributed by atoms with Gasteiger partial charge >= 0.3 is 0 Å². The highest BCUT2D eigenvalue weighted by Crippen LogP contribution is 2.72. The van der Waals surface area contributed by atoms with Crippen molar-refractivity contribution in [2.75, 3.05) is 0 Å². The second kappa shape index (κ2) is 9.60. The molecule has 13 atom stereocenters. The zero-order chi connectivity index (χ0) is 29.9. The van der Waals surface area contributed by atoms with Crippen LogP contribution in [0.5, 0.6) is 0 Å². The molecule has 4 N–H and O–H groups in total. The van der Waals surface area contributed by atoms with Crippen molar-refractivity contribution in [2.45, 2.75) is 149 Å². The molecule has 6 nitrogen and oxygen atoms in total. The van der Waals surface area contributed by atoms with Gasteiger partial charge in [-0.3, -0.25) is 4.79 Å². The number of rotatable bonds is 2. The SMILES string of the molecule is CC1O[C@@H](C(O)[C@@]23CCC4C(=CCC5[C@@]4(C)CCC4C(C)(C)C(=O)CC[C@@]45C)C2CC(C)(C)CC3)C(O)C(O)[C@H]1O. The molecular weight excluding hydrogens is 516 g/mol. The lowest BCUT2D eigenvalue weighted by Crippen LogP contribution is -2.66. The van der Waals surface area contributed by atoms with Gasteiger partial charge in [0.05, 0.1) is 12.2 Å². The number of aliphatic hydroxyl groups is 4. The average molecular weight is 573 g/mol. The molecule has 0 aromatic heterocycles. The number of allylic oxidation sites excluding steroid dienone is 2. The molecule has 6 heteroatoms. The Hall–Kier alpha value is -0.790. The Bertz CT molecular complexity index is 1100. The molecule has 1 saturated heterocycles. The van der Waals surface area contributed by atoms with Gasteiger partial charge in [-0.15, -0.1) is 0 Å². The van der Waals surface area contributed by atoms with Gasteiger partial charge in [-0.1, -0.05) is 53.2 Å². The van der Waals surface area contributed by atoms with Crippen LogP contribution in [0.2, 0.25) is 0 Å². The molecule has 0 aromatic carbocycles. The number of hydrogen-bond acceptors (Lipinski definition) is 6. The smallest absolute Gasteiger partial charge is 0.138 e. The summed E-state index contributed by atoms with van der Waals surface area (Å²) < 4.78 is 6.08. The summed E-state index contributed by atoms with van der Waals surface area (Å²) in [4.78, 5) is 13.0. The number of aliphatic hydroxyl groups excluding tert-OH is 4. The van der Waals surface area contributed by atoms with Crippen LogP contribution in [0.3, 0.4) is 0 Å². The first-order valence-corrected chi connectivity index (χ1v) is 16.6. The third-order valence-corrected chi connectivity index (χ3v) is 14.4. The lowest BCUT2D eigenvalue weighted by atomic mass is 9.37. The number of hydrogen-bond donors (Lipinski definition) is 4. The van der Waals surface area contributed by atoms with Crippen LogP contribution in [0.25, 0.3) is 0 Å². The molecule has 0 aromatic rings. The van der Waals surface area contributed by atoms with Crippen molar-refractivity contribution in [2.24, 2.45) is 50.7 Å². The first-order chi connectivity index (χ1) is 19.0. The van der Waals surface area contributed by atoms with Crippen molar-refractivity contribution in [3.63, 3.8) is 0 Å². The van der Waals surface area contributed by atoms with E-state index in [1.54, 1.807) is 6.92 Å². The van der Waals surface area contributed by atoms with E-state index < -0.39 is 42.0 Å². The quantitative estimate of drug-likeness (QED) is 0.339. The molecule has 0 amide bonds. The summed E-state index contributed by atoms with van der Waals surface area (Å²) in [7, 11) is 0. The fourth-order valence-electron chi connectivity index (χ4n) is 11.9. The minimum absolute atomic E-state index is 0.152. The third-order valence-electron chi connectivity index (χ3n) is 14.4. The van der Waals surface area contributed by atoms with Crippen molar-refractivity contribution in [1.29, 1.82) is 0 Å². The molecule has 0 bridgehead atoms. The van der Waals surface area contributed by atoms with Crippen LogP contribution in [0, 0.1) is 50.7 Å². The lowest BCUT2D eigenvalue weighted by Gasteiger charge is -2.68. The normalized spacial score (nSPS) is 53.2. The molecule has 6 rings (SSSR count). The molecule has 1 heterocycles. The number of carbonyl (C=O) groups is 1. The topological polar surface area (TPSA) is 107 Å². The van der Waals surface area contributed by atoms with Crippen molar-refractivity contribution in [1.82, 2.24) is 0 Å². The predicted molar refractivity (Wildman–Crippen MR) is 158 cm³/mol. The van der Waals surface area contributed by atoms with E-state index >= 15 is 0 Å². The summed E-state index contributed by atoms with van der Waals surface area (Å²) in [5.74, 6) is 2.07. The first kappa shape index (κ1) is 30.2.